The van der Waals surface area contributed by atoms with Gasteiger partial charge in [0, 0.05) is 12.2 Å². The number of nitrogens with one attached hydrogen (secondary N) is 1. The lowest BCUT2D eigenvalue weighted by Gasteiger charge is -2.17. The van der Waals surface area contributed by atoms with Crippen molar-refractivity contribution in [1.82, 2.24) is 4.90 Å². The predicted octanol–water partition coefficient (Wildman–Crippen LogP) is 3.92. The van der Waals surface area contributed by atoms with E-state index in [9.17, 15) is 14.4 Å². The molecule has 5 heteroatoms. The first-order valence-corrected chi connectivity index (χ1v) is 9.48. The number of hydrogen-bond donors (Lipinski definition) is 1. The molecule has 0 saturated heterocycles. The average molecular weight is 374 g/mol. The lowest BCUT2D eigenvalue weighted by molar-refractivity contribution is -0.117. The Morgan fingerprint density at radius 3 is 2.32 bits per heavy atom. The topological polar surface area (TPSA) is 66.5 Å². The predicted molar refractivity (Wildman–Crippen MR) is 107 cm³/mol. The van der Waals surface area contributed by atoms with Crippen LogP contribution in [0.4, 0.5) is 5.69 Å². The molecular weight excluding hydrogens is 352 g/mol. The number of benzene rings is 2. The molecule has 2 aromatic rings. The van der Waals surface area contributed by atoms with Gasteiger partial charge in [-0.15, -0.1) is 0 Å². The zero-order valence-corrected chi connectivity index (χ0v) is 16.0. The molecule has 2 heterocycles. The largest absolute Gasteiger partial charge is 0.325 e. The summed E-state index contributed by atoms with van der Waals surface area (Å²) in [6.45, 7) is 4.32. The summed E-state index contributed by atoms with van der Waals surface area (Å²) in [5, 5.41) is 2.94. The summed E-state index contributed by atoms with van der Waals surface area (Å²) in [5.74, 6) is -0.994. The van der Waals surface area contributed by atoms with Crippen molar-refractivity contribution in [1.29, 1.82) is 0 Å². The van der Waals surface area contributed by atoms with Crippen LogP contribution >= 0.6 is 0 Å². The maximum Gasteiger partial charge on any atom is 0.261 e. The maximum absolute atomic E-state index is 12.6. The van der Waals surface area contributed by atoms with E-state index in [4.69, 9.17) is 0 Å². The van der Waals surface area contributed by atoms with Gasteiger partial charge in [-0.2, -0.15) is 0 Å². The number of amides is 3. The Morgan fingerprint density at radius 1 is 1.00 bits per heavy atom. The first-order valence-electron chi connectivity index (χ1n) is 9.48. The molecule has 2 aliphatic heterocycles. The Balaban J connectivity index is 1.56. The highest BCUT2D eigenvalue weighted by molar-refractivity contribution is 6.21. The fraction of sp³-hybridized carbons (Fsp3) is 0.261. The molecule has 0 spiro atoms. The SMILES string of the molecule is CC(C)=CCc1cccc2c1C(CCN1C(=O)c3ccccc3C1=O)C(=O)N2. The van der Waals surface area contributed by atoms with Crippen LogP contribution in [-0.2, 0) is 11.2 Å². The van der Waals surface area contributed by atoms with Crippen molar-refractivity contribution in [2.75, 3.05) is 11.9 Å². The number of imide groups is 1. The third kappa shape index (κ3) is 3.03. The molecule has 4 rings (SSSR count). The van der Waals surface area contributed by atoms with Gasteiger partial charge in [0.15, 0.2) is 0 Å². The number of hydrogen-bond acceptors (Lipinski definition) is 3. The number of carbonyl (C=O) groups excluding carboxylic acids is 3. The van der Waals surface area contributed by atoms with E-state index in [1.165, 1.54) is 10.5 Å². The van der Waals surface area contributed by atoms with E-state index in [2.05, 4.69) is 11.4 Å². The minimum Gasteiger partial charge on any atom is -0.325 e. The molecule has 1 unspecified atom stereocenters. The van der Waals surface area contributed by atoms with E-state index in [1.54, 1.807) is 24.3 Å². The van der Waals surface area contributed by atoms with Gasteiger partial charge in [0.05, 0.1) is 17.0 Å². The molecule has 0 bridgehead atoms. The van der Waals surface area contributed by atoms with Crippen LogP contribution in [0.5, 0.6) is 0 Å². The Morgan fingerprint density at radius 2 is 1.68 bits per heavy atom. The molecule has 28 heavy (non-hydrogen) atoms. The highest BCUT2D eigenvalue weighted by Crippen LogP contribution is 2.38. The van der Waals surface area contributed by atoms with Crippen molar-refractivity contribution in [2.45, 2.75) is 32.6 Å². The van der Waals surface area contributed by atoms with Gasteiger partial charge >= 0.3 is 0 Å². The molecule has 0 aromatic heterocycles. The number of rotatable bonds is 5. The van der Waals surface area contributed by atoms with E-state index in [0.29, 0.717) is 17.5 Å². The van der Waals surface area contributed by atoms with Crippen molar-refractivity contribution in [2.24, 2.45) is 0 Å². The average Bonchev–Trinajstić information content (AvgIpc) is 3.13. The zero-order valence-electron chi connectivity index (χ0n) is 16.0. The van der Waals surface area contributed by atoms with Crippen LogP contribution in [0.3, 0.4) is 0 Å². The van der Waals surface area contributed by atoms with Gasteiger partial charge in [-0.3, -0.25) is 19.3 Å². The standard InChI is InChI=1S/C23H22N2O3/c1-14(2)10-11-15-6-5-9-19-20(15)18(21(26)24-19)12-13-25-22(27)16-7-3-4-8-17(16)23(25)28/h3-10,18H,11-13H2,1-2H3,(H,24,26). The van der Waals surface area contributed by atoms with E-state index in [1.807, 2.05) is 32.0 Å². The number of allylic oxidation sites excluding steroid dienone is 2. The third-order valence-electron chi connectivity index (χ3n) is 5.37. The fourth-order valence-electron chi connectivity index (χ4n) is 3.95. The Labute approximate surface area is 164 Å². The second kappa shape index (κ2) is 7.08. The minimum absolute atomic E-state index is 0.0729. The number of nitrogens with zero attached hydrogens (tertiary/aromatic N) is 1. The highest BCUT2D eigenvalue weighted by atomic mass is 16.2. The molecule has 1 atom stereocenters. The van der Waals surface area contributed by atoms with Crippen LogP contribution in [0.25, 0.3) is 0 Å². The van der Waals surface area contributed by atoms with E-state index >= 15 is 0 Å². The van der Waals surface area contributed by atoms with Gasteiger partial charge in [0.25, 0.3) is 11.8 Å². The normalized spacial score (nSPS) is 17.4. The zero-order chi connectivity index (χ0) is 19.8. The quantitative estimate of drug-likeness (QED) is 0.637. The molecule has 142 valence electrons. The van der Waals surface area contributed by atoms with Crippen molar-refractivity contribution in [3.05, 3.63) is 76.4 Å². The van der Waals surface area contributed by atoms with Crippen molar-refractivity contribution in [3.63, 3.8) is 0 Å². The molecule has 0 aliphatic carbocycles. The molecule has 0 radical (unpaired) electrons. The van der Waals surface area contributed by atoms with Gasteiger partial charge in [-0.25, -0.2) is 0 Å². The maximum atomic E-state index is 12.6. The first kappa shape index (κ1) is 18.2. The van der Waals surface area contributed by atoms with Crippen LogP contribution in [0, 0.1) is 0 Å². The van der Waals surface area contributed by atoms with Gasteiger partial charge in [0.2, 0.25) is 5.91 Å². The van der Waals surface area contributed by atoms with E-state index in [-0.39, 0.29) is 30.2 Å². The van der Waals surface area contributed by atoms with Gasteiger partial charge in [-0.1, -0.05) is 35.9 Å². The Hall–Kier alpha value is -3.21. The van der Waals surface area contributed by atoms with E-state index in [0.717, 1.165) is 23.2 Å². The summed E-state index contributed by atoms with van der Waals surface area (Å²) in [7, 11) is 0. The van der Waals surface area contributed by atoms with Crippen LogP contribution in [0.2, 0.25) is 0 Å². The van der Waals surface area contributed by atoms with Gasteiger partial charge < -0.3 is 5.32 Å². The van der Waals surface area contributed by atoms with Crippen LogP contribution < -0.4 is 5.32 Å². The molecule has 0 saturated carbocycles. The van der Waals surface area contributed by atoms with Crippen molar-refractivity contribution >= 4 is 23.4 Å². The summed E-state index contributed by atoms with van der Waals surface area (Å²) < 4.78 is 0. The lowest BCUT2D eigenvalue weighted by atomic mass is 9.91. The Kier molecular flexibility index (Phi) is 4.59. The molecule has 2 aromatic carbocycles. The van der Waals surface area contributed by atoms with Crippen LogP contribution in [0.15, 0.2) is 54.1 Å². The Bertz CT molecular complexity index is 983. The van der Waals surface area contributed by atoms with Crippen LogP contribution in [-0.4, -0.2) is 29.2 Å². The number of carbonyl (C=O) groups is 3. The molecule has 2 aliphatic rings. The smallest absolute Gasteiger partial charge is 0.261 e. The van der Waals surface area contributed by atoms with Crippen LogP contribution in [0.1, 0.15) is 58.0 Å². The summed E-state index contributed by atoms with van der Waals surface area (Å²) in [5.41, 5.74) is 5.02. The summed E-state index contributed by atoms with van der Waals surface area (Å²) in [6.07, 6.45) is 3.31. The molecular formula is C23H22N2O3. The fourth-order valence-corrected chi connectivity index (χ4v) is 3.95. The summed E-state index contributed by atoms with van der Waals surface area (Å²) in [6, 6.07) is 12.7. The third-order valence-corrected chi connectivity index (χ3v) is 5.37. The summed E-state index contributed by atoms with van der Waals surface area (Å²) in [4.78, 5) is 39.0. The monoisotopic (exact) mass is 374 g/mol. The van der Waals surface area contributed by atoms with Crippen molar-refractivity contribution in [3.8, 4) is 0 Å². The molecule has 1 N–H and O–H groups in total. The second-order valence-corrected chi connectivity index (χ2v) is 7.50. The van der Waals surface area contributed by atoms with E-state index < -0.39 is 0 Å². The van der Waals surface area contributed by atoms with Gasteiger partial charge in [0.1, 0.15) is 0 Å². The lowest BCUT2D eigenvalue weighted by Crippen LogP contribution is -2.32. The van der Waals surface area contributed by atoms with Crippen molar-refractivity contribution < 1.29 is 14.4 Å². The van der Waals surface area contributed by atoms with Gasteiger partial charge in [-0.05, 0) is 56.0 Å². The first-order chi connectivity index (χ1) is 13.5. The number of anilines is 1. The second-order valence-electron chi connectivity index (χ2n) is 7.50. The highest BCUT2D eigenvalue weighted by Gasteiger charge is 2.38. The number of fused-ring (bicyclic) bond motifs is 2. The molecule has 3 amide bonds. The molecule has 0 fully saturated rings. The summed E-state index contributed by atoms with van der Waals surface area (Å²) >= 11 is 0. The minimum atomic E-state index is -0.360. The molecule has 5 nitrogen and oxygen atoms in total.